The highest BCUT2D eigenvalue weighted by Gasteiger charge is 2.23. The molecule has 1 fully saturated rings. The summed E-state index contributed by atoms with van der Waals surface area (Å²) in [4.78, 5) is 21.8. The van der Waals surface area contributed by atoms with Gasteiger partial charge in [0, 0.05) is 18.5 Å². The molecule has 0 unspecified atom stereocenters. The van der Waals surface area contributed by atoms with Gasteiger partial charge in [0.15, 0.2) is 0 Å². The predicted molar refractivity (Wildman–Crippen MR) is 61.4 cm³/mol. The van der Waals surface area contributed by atoms with Crippen LogP contribution in [-0.2, 0) is 14.3 Å². The third-order valence-corrected chi connectivity index (χ3v) is 2.91. The molecule has 1 rings (SSSR count). The van der Waals surface area contributed by atoms with Crippen LogP contribution in [0.2, 0.25) is 0 Å². The summed E-state index contributed by atoms with van der Waals surface area (Å²) in [6.45, 7) is 0.257. The maximum absolute atomic E-state index is 11.7. The van der Waals surface area contributed by atoms with Crippen molar-refractivity contribution in [2.75, 3.05) is 19.8 Å². The number of carbonyl (C=O) groups excluding carboxylic acids is 1. The fourth-order valence-corrected chi connectivity index (χ4v) is 1.93. The topological polar surface area (TPSA) is 102 Å². The Kier molecular flexibility index (Phi) is 5.93. The molecule has 1 amide bonds. The van der Waals surface area contributed by atoms with E-state index in [-0.39, 0.29) is 31.1 Å². The number of rotatable bonds is 6. The first-order valence-corrected chi connectivity index (χ1v) is 5.92. The van der Waals surface area contributed by atoms with Crippen molar-refractivity contribution in [1.29, 1.82) is 0 Å². The molecule has 0 atom stereocenters. The minimum Gasteiger partial charge on any atom is -0.480 e. The molecule has 0 heterocycles. The van der Waals surface area contributed by atoms with Crippen LogP contribution in [0, 0.1) is 5.92 Å². The molecule has 0 saturated heterocycles. The van der Waals surface area contributed by atoms with Crippen molar-refractivity contribution in [2.45, 2.75) is 31.7 Å². The van der Waals surface area contributed by atoms with Gasteiger partial charge in [-0.25, -0.2) is 4.79 Å². The molecule has 0 bridgehead atoms. The molecular formula is C11H20N2O4. The van der Waals surface area contributed by atoms with Crippen molar-refractivity contribution in [1.82, 2.24) is 5.32 Å². The maximum atomic E-state index is 11.7. The number of carboxylic acid groups (broad SMARTS) is 1. The Bertz CT molecular complexity index is 262. The Morgan fingerprint density at radius 2 is 1.94 bits per heavy atom. The van der Waals surface area contributed by atoms with E-state index in [1.54, 1.807) is 0 Å². The lowest BCUT2D eigenvalue weighted by atomic mass is 9.86. The maximum Gasteiger partial charge on any atom is 0.329 e. The van der Waals surface area contributed by atoms with Crippen LogP contribution in [0.1, 0.15) is 25.7 Å². The second kappa shape index (κ2) is 7.24. The summed E-state index contributed by atoms with van der Waals surface area (Å²) in [5.74, 6) is -0.928. The predicted octanol–water partition coefficient (Wildman–Crippen LogP) is -0.279. The molecular weight excluding hydrogens is 224 g/mol. The van der Waals surface area contributed by atoms with Crippen LogP contribution >= 0.6 is 0 Å². The molecule has 1 aliphatic rings. The van der Waals surface area contributed by atoms with Crippen molar-refractivity contribution < 1.29 is 19.4 Å². The Hall–Kier alpha value is -1.14. The normalized spacial score (nSPS) is 24.3. The summed E-state index contributed by atoms with van der Waals surface area (Å²) < 4.78 is 4.82. The number of aliphatic carboxylic acids is 1. The first-order chi connectivity index (χ1) is 8.09. The Balaban J connectivity index is 2.06. The number of amides is 1. The van der Waals surface area contributed by atoms with Gasteiger partial charge in [-0.3, -0.25) is 4.79 Å². The van der Waals surface area contributed by atoms with E-state index in [0.29, 0.717) is 6.54 Å². The van der Waals surface area contributed by atoms with Crippen LogP contribution < -0.4 is 11.1 Å². The summed E-state index contributed by atoms with van der Waals surface area (Å²) in [6, 6.07) is 0.234. The third kappa shape index (κ3) is 5.65. The highest BCUT2D eigenvalue weighted by atomic mass is 16.5. The highest BCUT2D eigenvalue weighted by Crippen LogP contribution is 2.22. The largest absolute Gasteiger partial charge is 0.480 e. The smallest absolute Gasteiger partial charge is 0.329 e. The Morgan fingerprint density at radius 3 is 2.53 bits per heavy atom. The molecule has 1 aliphatic carbocycles. The van der Waals surface area contributed by atoms with E-state index in [0.717, 1.165) is 25.7 Å². The summed E-state index contributed by atoms with van der Waals surface area (Å²) in [5, 5.41) is 11.1. The van der Waals surface area contributed by atoms with Crippen molar-refractivity contribution in [3.63, 3.8) is 0 Å². The molecule has 1 saturated carbocycles. The van der Waals surface area contributed by atoms with Gasteiger partial charge in [-0.1, -0.05) is 0 Å². The summed E-state index contributed by atoms with van der Waals surface area (Å²) in [5.41, 5.74) is 5.76. The van der Waals surface area contributed by atoms with Gasteiger partial charge in [-0.15, -0.1) is 0 Å². The lowest BCUT2D eigenvalue weighted by molar-refractivity contribution is -0.142. The zero-order valence-corrected chi connectivity index (χ0v) is 9.85. The minimum absolute atomic E-state index is 0.0239. The van der Waals surface area contributed by atoms with Gasteiger partial charge in [0.25, 0.3) is 0 Å². The number of carboxylic acids is 1. The van der Waals surface area contributed by atoms with Crippen LogP contribution in [0.15, 0.2) is 0 Å². The number of hydrogen-bond acceptors (Lipinski definition) is 4. The molecule has 0 aromatic carbocycles. The van der Waals surface area contributed by atoms with Gasteiger partial charge in [-0.2, -0.15) is 0 Å². The standard InChI is InChI=1S/C11H20N2O4/c12-9-3-1-8(2-4-9)11(16)13-5-6-17-7-10(14)15/h8-9H,1-7,12H2,(H,13,16)(H,14,15). The summed E-state index contributed by atoms with van der Waals surface area (Å²) in [7, 11) is 0. The Morgan fingerprint density at radius 1 is 1.29 bits per heavy atom. The second-order valence-corrected chi connectivity index (χ2v) is 4.35. The average Bonchev–Trinajstić information content (AvgIpc) is 2.29. The fraction of sp³-hybridized carbons (Fsp3) is 0.818. The molecule has 0 radical (unpaired) electrons. The third-order valence-electron chi connectivity index (χ3n) is 2.91. The van der Waals surface area contributed by atoms with Crippen molar-refractivity contribution in [3.8, 4) is 0 Å². The monoisotopic (exact) mass is 244 g/mol. The molecule has 0 aromatic rings. The van der Waals surface area contributed by atoms with Crippen molar-refractivity contribution >= 4 is 11.9 Å². The van der Waals surface area contributed by atoms with E-state index in [1.165, 1.54) is 0 Å². The summed E-state index contributed by atoms with van der Waals surface area (Å²) in [6.07, 6.45) is 3.47. The molecule has 6 heteroatoms. The van der Waals surface area contributed by atoms with Crippen LogP contribution in [0.5, 0.6) is 0 Å². The number of ether oxygens (including phenoxy) is 1. The van der Waals surface area contributed by atoms with Gasteiger partial charge < -0.3 is 20.9 Å². The molecule has 4 N–H and O–H groups in total. The van der Waals surface area contributed by atoms with Crippen LogP contribution in [0.3, 0.4) is 0 Å². The molecule has 98 valence electrons. The quantitative estimate of drug-likeness (QED) is 0.558. The van der Waals surface area contributed by atoms with Gasteiger partial charge >= 0.3 is 5.97 Å². The number of nitrogens with one attached hydrogen (secondary N) is 1. The first kappa shape index (κ1) is 13.9. The van der Waals surface area contributed by atoms with Crippen LogP contribution in [0.25, 0.3) is 0 Å². The van der Waals surface area contributed by atoms with E-state index in [2.05, 4.69) is 5.32 Å². The van der Waals surface area contributed by atoms with E-state index in [1.807, 2.05) is 0 Å². The van der Waals surface area contributed by atoms with Crippen molar-refractivity contribution in [2.24, 2.45) is 11.7 Å². The van der Waals surface area contributed by atoms with Gasteiger partial charge in [0.2, 0.25) is 5.91 Å². The number of hydrogen-bond donors (Lipinski definition) is 3. The fourth-order valence-electron chi connectivity index (χ4n) is 1.93. The molecule has 0 aromatic heterocycles. The van der Waals surface area contributed by atoms with E-state index >= 15 is 0 Å². The van der Waals surface area contributed by atoms with Crippen LogP contribution in [-0.4, -0.2) is 42.8 Å². The van der Waals surface area contributed by atoms with E-state index in [9.17, 15) is 9.59 Å². The van der Waals surface area contributed by atoms with Gasteiger partial charge in [0.1, 0.15) is 6.61 Å². The van der Waals surface area contributed by atoms with Gasteiger partial charge in [0.05, 0.1) is 6.61 Å². The highest BCUT2D eigenvalue weighted by molar-refractivity contribution is 5.78. The average molecular weight is 244 g/mol. The Labute approximate surface area is 101 Å². The number of carbonyl (C=O) groups is 2. The first-order valence-electron chi connectivity index (χ1n) is 5.92. The summed E-state index contributed by atoms with van der Waals surface area (Å²) >= 11 is 0. The SMILES string of the molecule is NC1CCC(C(=O)NCCOCC(=O)O)CC1. The molecule has 6 nitrogen and oxygen atoms in total. The lowest BCUT2D eigenvalue weighted by Gasteiger charge is -2.25. The van der Waals surface area contributed by atoms with E-state index in [4.69, 9.17) is 15.6 Å². The van der Waals surface area contributed by atoms with Gasteiger partial charge in [-0.05, 0) is 25.7 Å². The van der Waals surface area contributed by atoms with E-state index < -0.39 is 5.97 Å². The van der Waals surface area contributed by atoms with Crippen LogP contribution in [0.4, 0.5) is 0 Å². The zero-order valence-electron chi connectivity index (χ0n) is 9.85. The molecule has 0 aliphatic heterocycles. The minimum atomic E-state index is -1.00. The molecule has 0 spiro atoms. The lowest BCUT2D eigenvalue weighted by Crippen LogP contribution is -2.37. The van der Waals surface area contributed by atoms with Crippen molar-refractivity contribution in [3.05, 3.63) is 0 Å². The zero-order chi connectivity index (χ0) is 12.7. The number of nitrogens with two attached hydrogens (primary N) is 1. The molecule has 17 heavy (non-hydrogen) atoms. The second-order valence-electron chi connectivity index (χ2n) is 4.35.